The van der Waals surface area contributed by atoms with Crippen LogP contribution in [0.25, 0.3) is 22.2 Å². The van der Waals surface area contributed by atoms with Crippen molar-refractivity contribution in [1.29, 1.82) is 0 Å². The number of imidazole rings is 1. The van der Waals surface area contributed by atoms with Crippen molar-refractivity contribution in [3.05, 3.63) is 89.3 Å². The highest BCUT2D eigenvalue weighted by Crippen LogP contribution is 2.29. The summed E-state index contributed by atoms with van der Waals surface area (Å²) < 4.78 is 3.76. The summed E-state index contributed by atoms with van der Waals surface area (Å²) in [5.41, 5.74) is 10.5. The molecule has 7 heteroatoms. The van der Waals surface area contributed by atoms with Crippen molar-refractivity contribution in [1.82, 2.24) is 14.0 Å². The van der Waals surface area contributed by atoms with E-state index in [0.717, 1.165) is 47.1 Å². The summed E-state index contributed by atoms with van der Waals surface area (Å²) in [5.74, 6) is 0. The second-order valence-corrected chi connectivity index (χ2v) is 9.00. The molecule has 0 aliphatic carbocycles. The molecule has 7 nitrogen and oxygen atoms in total. The van der Waals surface area contributed by atoms with Gasteiger partial charge in [0.2, 0.25) is 0 Å². The first-order valence-corrected chi connectivity index (χ1v) is 12.3. The number of para-hydroxylation sites is 3. The number of benzene rings is 3. The summed E-state index contributed by atoms with van der Waals surface area (Å²) in [4.78, 5) is 28.3. The van der Waals surface area contributed by atoms with Gasteiger partial charge in [0.1, 0.15) is 0 Å². The number of carbonyl (C=O) groups excluding carboxylic acids is 1. The number of aromatic nitrogens is 2. The van der Waals surface area contributed by atoms with Crippen LogP contribution in [0, 0.1) is 0 Å². The summed E-state index contributed by atoms with van der Waals surface area (Å²) >= 11 is 0. The number of carbonyl (C=O) groups is 1. The van der Waals surface area contributed by atoms with E-state index in [1.165, 1.54) is 0 Å². The first kappa shape index (κ1) is 22.9. The van der Waals surface area contributed by atoms with Gasteiger partial charge in [0, 0.05) is 31.2 Å². The number of fused-ring (bicyclic) bond motifs is 1. The third kappa shape index (κ3) is 4.59. The smallest absolute Gasteiger partial charge is 0.329 e. The number of nitrogens with two attached hydrogens (primary N) is 1. The Morgan fingerprint density at radius 2 is 1.54 bits per heavy atom. The van der Waals surface area contributed by atoms with Gasteiger partial charge in [0.15, 0.2) is 0 Å². The van der Waals surface area contributed by atoms with Gasteiger partial charge in [-0.25, -0.2) is 9.59 Å². The third-order valence-corrected chi connectivity index (χ3v) is 6.83. The van der Waals surface area contributed by atoms with Crippen LogP contribution in [0.5, 0.6) is 0 Å². The van der Waals surface area contributed by atoms with Crippen molar-refractivity contribution in [3.63, 3.8) is 0 Å². The van der Waals surface area contributed by atoms with Crippen LogP contribution in [0.15, 0.2) is 83.7 Å². The molecule has 0 unspecified atom stereocenters. The lowest BCUT2D eigenvalue weighted by molar-refractivity contribution is 0.183. The molecule has 1 aliphatic heterocycles. The van der Waals surface area contributed by atoms with Crippen LogP contribution >= 0.6 is 0 Å². The van der Waals surface area contributed by atoms with Gasteiger partial charge in [-0.15, -0.1) is 0 Å². The fourth-order valence-corrected chi connectivity index (χ4v) is 5.03. The number of nitrogens with one attached hydrogen (secondary N) is 1. The largest absolute Gasteiger partial charge is 0.330 e. The summed E-state index contributed by atoms with van der Waals surface area (Å²) in [6, 6.07) is 25.8. The van der Waals surface area contributed by atoms with Crippen molar-refractivity contribution in [3.8, 4) is 11.1 Å². The van der Waals surface area contributed by atoms with Crippen LogP contribution in [-0.2, 0) is 6.54 Å². The van der Waals surface area contributed by atoms with E-state index in [1.807, 2.05) is 92.9 Å². The van der Waals surface area contributed by atoms with Gasteiger partial charge in [-0.2, -0.15) is 0 Å². The average molecular weight is 470 g/mol. The SMILES string of the molecule is NCCCn1c(=O)n(C2CCN(C(=O)Nc3ccccc3-c3ccccc3)CC2)c2ccccc21. The van der Waals surface area contributed by atoms with Crippen LogP contribution < -0.4 is 16.7 Å². The quantitative estimate of drug-likeness (QED) is 0.430. The van der Waals surface area contributed by atoms with E-state index in [0.29, 0.717) is 26.2 Å². The molecular formula is C28H31N5O2. The predicted molar refractivity (Wildman–Crippen MR) is 141 cm³/mol. The van der Waals surface area contributed by atoms with Crippen molar-refractivity contribution in [2.24, 2.45) is 5.73 Å². The zero-order valence-electron chi connectivity index (χ0n) is 19.8. The van der Waals surface area contributed by atoms with Crippen LogP contribution in [0.4, 0.5) is 10.5 Å². The Labute approximate surface area is 204 Å². The summed E-state index contributed by atoms with van der Waals surface area (Å²) in [6.07, 6.45) is 2.23. The highest BCUT2D eigenvalue weighted by Gasteiger charge is 2.27. The monoisotopic (exact) mass is 469 g/mol. The topological polar surface area (TPSA) is 85.3 Å². The van der Waals surface area contributed by atoms with E-state index >= 15 is 0 Å². The number of likely N-dealkylation sites (tertiary alicyclic amines) is 1. The lowest BCUT2D eigenvalue weighted by Crippen LogP contribution is -2.43. The second kappa shape index (κ2) is 10.2. The van der Waals surface area contributed by atoms with Crippen LogP contribution in [0.2, 0.25) is 0 Å². The Kier molecular flexibility index (Phi) is 6.68. The molecule has 35 heavy (non-hydrogen) atoms. The zero-order valence-corrected chi connectivity index (χ0v) is 19.8. The summed E-state index contributed by atoms with van der Waals surface area (Å²) in [6.45, 7) is 2.36. The fraction of sp³-hybridized carbons (Fsp3) is 0.286. The second-order valence-electron chi connectivity index (χ2n) is 9.00. The minimum atomic E-state index is -0.107. The molecule has 1 aromatic heterocycles. The van der Waals surface area contributed by atoms with Crippen molar-refractivity contribution in [2.45, 2.75) is 31.8 Å². The first-order valence-electron chi connectivity index (χ1n) is 12.3. The van der Waals surface area contributed by atoms with Crippen LogP contribution in [-0.4, -0.2) is 39.7 Å². The van der Waals surface area contributed by atoms with E-state index in [4.69, 9.17) is 5.73 Å². The van der Waals surface area contributed by atoms with E-state index in [1.54, 1.807) is 0 Å². The van der Waals surface area contributed by atoms with E-state index in [-0.39, 0.29) is 17.8 Å². The molecule has 4 aromatic rings. The van der Waals surface area contributed by atoms with Crippen molar-refractivity contribution >= 4 is 22.8 Å². The number of hydrogen-bond donors (Lipinski definition) is 2. The third-order valence-electron chi connectivity index (χ3n) is 6.83. The maximum atomic E-state index is 13.3. The Hall–Kier alpha value is -3.84. The van der Waals surface area contributed by atoms with Gasteiger partial charge in [-0.3, -0.25) is 9.13 Å². The van der Waals surface area contributed by atoms with Crippen molar-refractivity contribution < 1.29 is 4.79 Å². The Morgan fingerprint density at radius 3 is 2.29 bits per heavy atom. The van der Waals surface area contributed by atoms with Crippen LogP contribution in [0.1, 0.15) is 25.3 Å². The molecule has 180 valence electrons. The molecule has 0 spiro atoms. The number of aryl methyl sites for hydroxylation is 1. The van der Waals surface area contributed by atoms with Gasteiger partial charge in [-0.1, -0.05) is 60.7 Å². The molecule has 0 bridgehead atoms. The lowest BCUT2D eigenvalue weighted by atomic mass is 10.0. The number of anilines is 1. The molecule has 0 saturated carbocycles. The van der Waals surface area contributed by atoms with Gasteiger partial charge >= 0.3 is 11.7 Å². The van der Waals surface area contributed by atoms with Crippen LogP contribution in [0.3, 0.4) is 0 Å². The molecule has 1 fully saturated rings. The number of urea groups is 1. The highest BCUT2D eigenvalue weighted by atomic mass is 16.2. The molecule has 3 aromatic carbocycles. The van der Waals surface area contributed by atoms with E-state index in [2.05, 4.69) is 5.32 Å². The molecule has 0 radical (unpaired) electrons. The fourth-order valence-electron chi connectivity index (χ4n) is 5.03. The summed E-state index contributed by atoms with van der Waals surface area (Å²) in [7, 11) is 0. The first-order chi connectivity index (χ1) is 17.2. The molecule has 3 N–H and O–H groups in total. The van der Waals surface area contributed by atoms with E-state index in [9.17, 15) is 9.59 Å². The Morgan fingerprint density at radius 1 is 0.886 bits per heavy atom. The molecule has 2 amide bonds. The zero-order chi connectivity index (χ0) is 24.2. The maximum absolute atomic E-state index is 13.3. The average Bonchev–Trinajstić information content (AvgIpc) is 3.19. The Bertz CT molecular complexity index is 1370. The molecule has 0 atom stereocenters. The van der Waals surface area contributed by atoms with Gasteiger partial charge in [0.25, 0.3) is 0 Å². The number of hydrogen-bond acceptors (Lipinski definition) is 3. The molecule has 2 heterocycles. The summed E-state index contributed by atoms with van der Waals surface area (Å²) in [5, 5.41) is 3.10. The Balaban J connectivity index is 1.31. The number of rotatable bonds is 6. The lowest BCUT2D eigenvalue weighted by Gasteiger charge is -2.32. The van der Waals surface area contributed by atoms with Crippen molar-refractivity contribution in [2.75, 3.05) is 25.0 Å². The van der Waals surface area contributed by atoms with Gasteiger partial charge in [-0.05, 0) is 49.6 Å². The van der Waals surface area contributed by atoms with Gasteiger partial charge < -0.3 is 16.0 Å². The minimum Gasteiger partial charge on any atom is -0.330 e. The highest BCUT2D eigenvalue weighted by molar-refractivity contribution is 5.94. The van der Waals surface area contributed by atoms with E-state index < -0.39 is 0 Å². The normalized spacial score (nSPS) is 14.4. The number of nitrogens with zero attached hydrogens (tertiary/aromatic N) is 3. The molecule has 1 aliphatic rings. The van der Waals surface area contributed by atoms with Gasteiger partial charge in [0.05, 0.1) is 16.7 Å². The minimum absolute atomic E-state index is 0.0133. The standard InChI is InChI=1S/C28H31N5O2/c29-17-8-18-32-25-13-6-7-14-26(25)33(28(32)35)22-15-19-31(20-16-22)27(34)30-24-12-5-4-11-23(24)21-9-2-1-3-10-21/h1-7,9-14,22H,8,15-20,29H2,(H,30,34). The number of amides is 2. The maximum Gasteiger partial charge on any atom is 0.329 e. The molecule has 5 rings (SSSR count). The molecule has 1 saturated heterocycles. The predicted octanol–water partition coefficient (Wildman–Crippen LogP) is 4.69. The number of piperidine rings is 1. The molecular weight excluding hydrogens is 438 g/mol.